The van der Waals surface area contributed by atoms with E-state index in [1.54, 1.807) is 38.1 Å². The van der Waals surface area contributed by atoms with Crippen LogP contribution in [0.15, 0.2) is 72.8 Å². The van der Waals surface area contributed by atoms with Crippen LogP contribution in [-0.2, 0) is 56.0 Å². The molecule has 0 spiro atoms. The summed E-state index contributed by atoms with van der Waals surface area (Å²) in [6, 6.07) is 20.5. The molecule has 3 aromatic carbocycles. The number of amides is 2. The van der Waals surface area contributed by atoms with Gasteiger partial charge in [0.1, 0.15) is 19.3 Å². The number of benzene rings is 3. The molecule has 12 heteroatoms. The van der Waals surface area contributed by atoms with Gasteiger partial charge >= 0.3 is 17.9 Å². The van der Waals surface area contributed by atoms with Crippen LogP contribution in [-0.4, -0.2) is 60.8 Å². The van der Waals surface area contributed by atoms with Gasteiger partial charge in [0.2, 0.25) is 11.8 Å². The third-order valence-electron chi connectivity index (χ3n) is 8.45. The number of primary amides is 1. The highest BCUT2D eigenvalue weighted by atomic mass is 16.5. The number of carbonyl (C=O) groups excluding carboxylic acids is 6. The molecule has 0 fully saturated rings. The number of hydrogen-bond acceptors (Lipinski definition) is 10. The molecule has 1 aliphatic rings. The second kappa shape index (κ2) is 17.9. The number of nitrogens with two attached hydrogens (primary N) is 2. The molecule has 0 bridgehead atoms. The first-order valence-corrected chi connectivity index (χ1v) is 16.6. The number of Topliss-reactive ketones (excluding diaryl/α,β-unsaturated/α-hetero) is 1. The molecule has 0 aliphatic heterocycles. The van der Waals surface area contributed by atoms with E-state index in [1.807, 2.05) is 48.5 Å². The zero-order valence-corrected chi connectivity index (χ0v) is 28.2. The molecule has 12 nitrogen and oxygen atoms in total. The van der Waals surface area contributed by atoms with Gasteiger partial charge in [0, 0.05) is 24.7 Å². The number of ether oxygens (including phenoxy) is 3. The highest BCUT2D eigenvalue weighted by Crippen LogP contribution is 2.44. The molecule has 4 rings (SSSR count). The summed E-state index contributed by atoms with van der Waals surface area (Å²) in [7, 11) is 0. The Morgan fingerprint density at radius 1 is 0.780 bits per heavy atom. The van der Waals surface area contributed by atoms with E-state index in [0.717, 1.165) is 22.3 Å². The van der Waals surface area contributed by atoms with Crippen LogP contribution in [0.1, 0.15) is 67.7 Å². The fraction of sp³-hybridized carbons (Fsp3) is 0.368. The molecule has 2 amide bonds. The summed E-state index contributed by atoms with van der Waals surface area (Å²) in [5.74, 6) is -4.41. The minimum atomic E-state index is -1.19. The second-order valence-corrected chi connectivity index (χ2v) is 12.3. The summed E-state index contributed by atoms with van der Waals surface area (Å²) in [6.07, 6.45) is -0.690. The number of hydrogen-bond donors (Lipinski definition) is 3. The van der Waals surface area contributed by atoms with E-state index < -0.39 is 59.9 Å². The van der Waals surface area contributed by atoms with Crippen molar-refractivity contribution in [3.05, 3.63) is 95.1 Å². The van der Waals surface area contributed by atoms with Gasteiger partial charge in [0.05, 0.1) is 25.5 Å². The molecule has 0 unspecified atom stereocenters. The quantitative estimate of drug-likeness (QED) is 0.132. The van der Waals surface area contributed by atoms with Gasteiger partial charge in [-0.05, 0) is 46.7 Å². The van der Waals surface area contributed by atoms with Gasteiger partial charge < -0.3 is 31.0 Å². The fourth-order valence-corrected chi connectivity index (χ4v) is 5.73. The Kier molecular flexibility index (Phi) is 13.4. The van der Waals surface area contributed by atoms with Gasteiger partial charge in [-0.3, -0.25) is 28.8 Å². The SMILES string of the molecule is CCOC(=O)[C@H](N)CCC(=O)OCc1ccc(CC(=O)[C@H](CC(N)=O)NC(=O)[C@H](C)CC(=O)OCC2c3ccccc3-c3ccccc32)cc1. The fourth-order valence-electron chi connectivity index (χ4n) is 5.73. The number of nitrogens with one attached hydrogen (secondary N) is 1. The minimum Gasteiger partial charge on any atom is -0.465 e. The molecular formula is C38H43N3O9. The Balaban J connectivity index is 1.24. The van der Waals surface area contributed by atoms with Gasteiger partial charge in [0.15, 0.2) is 5.78 Å². The monoisotopic (exact) mass is 685 g/mol. The van der Waals surface area contributed by atoms with Crippen molar-refractivity contribution in [2.45, 2.75) is 70.6 Å². The van der Waals surface area contributed by atoms with E-state index in [0.29, 0.717) is 11.1 Å². The van der Waals surface area contributed by atoms with Gasteiger partial charge in [-0.15, -0.1) is 0 Å². The molecule has 3 aromatic rings. The smallest absolute Gasteiger partial charge is 0.322 e. The molecule has 50 heavy (non-hydrogen) atoms. The number of esters is 3. The maximum atomic E-state index is 13.2. The van der Waals surface area contributed by atoms with Crippen molar-refractivity contribution in [2.75, 3.05) is 13.2 Å². The van der Waals surface area contributed by atoms with Gasteiger partial charge in [0.25, 0.3) is 0 Å². The summed E-state index contributed by atoms with van der Waals surface area (Å²) >= 11 is 0. The lowest BCUT2D eigenvalue weighted by molar-refractivity contribution is -0.148. The van der Waals surface area contributed by atoms with Crippen molar-refractivity contribution in [2.24, 2.45) is 17.4 Å². The zero-order chi connectivity index (χ0) is 36.2. The molecule has 0 aromatic heterocycles. The molecule has 5 N–H and O–H groups in total. The van der Waals surface area contributed by atoms with Gasteiger partial charge in [-0.1, -0.05) is 79.7 Å². The maximum absolute atomic E-state index is 13.2. The zero-order valence-electron chi connectivity index (χ0n) is 28.2. The summed E-state index contributed by atoms with van der Waals surface area (Å²) in [5, 5.41) is 2.58. The van der Waals surface area contributed by atoms with Crippen LogP contribution in [0.3, 0.4) is 0 Å². The summed E-state index contributed by atoms with van der Waals surface area (Å²) < 4.78 is 15.7. The van der Waals surface area contributed by atoms with Crippen molar-refractivity contribution in [1.82, 2.24) is 5.32 Å². The van der Waals surface area contributed by atoms with Crippen LogP contribution in [0.25, 0.3) is 11.1 Å². The number of rotatable bonds is 18. The highest BCUT2D eigenvalue weighted by molar-refractivity contribution is 5.95. The van der Waals surface area contributed by atoms with E-state index in [-0.39, 0.29) is 51.4 Å². The number of ketones is 1. The van der Waals surface area contributed by atoms with Crippen molar-refractivity contribution >= 4 is 35.5 Å². The van der Waals surface area contributed by atoms with Crippen LogP contribution >= 0.6 is 0 Å². The Bertz CT molecular complexity index is 1660. The van der Waals surface area contributed by atoms with E-state index in [9.17, 15) is 28.8 Å². The molecule has 0 heterocycles. The second-order valence-electron chi connectivity index (χ2n) is 12.3. The van der Waals surface area contributed by atoms with E-state index in [1.165, 1.54) is 0 Å². The Morgan fingerprint density at radius 2 is 1.38 bits per heavy atom. The third kappa shape index (κ3) is 10.3. The normalized spacial score (nSPS) is 13.6. The van der Waals surface area contributed by atoms with Crippen LogP contribution in [0.4, 0.5) is 0 Å². The predicted octanol–water partition coefficient (Wildman–Crippen LogP) is 3.25. The highest BCUT2D eigenvalue weighted by Gasteiger charge is 2.30. The van der Waals surface area contributed by atoms with Crippen molar-refractivity contribution < 1.29 is 43.0 Å². The van der Waals surface area contributed by atoms with Crippen LogP contribution in [0.2, 0.25) is 0 Å². The average Bonchev–Trinajstić information content (AvgIpc) is 3.42. The first kappa shape index (κ1) is 37.5. The minimum absolute atomic E-state index is 0.0242. The maximum Gasteiger partial charge on any atom is 0.322 e. The topological polar surface area (TPSA) is 194 Å². The molecule has 1 aliphatic carbocycles. The molecule has 0 saturated heterocycles. The lowest BCUT2D eigenvalue weighted by Crippen LogP contribution is -2.46. The third-order valence-corrected chi connectivity index (χ3v) is 8.45. The average molecular weight is 686 g/mol. The largest absolute Gasteiger partial charge is 0.465 e. The Hall–Kier alpha value is -5.36. The standard InChI is InChI=1S/C38H43N3O9/c1-3-48-38(47)31(39)16-17-35(44)49-21-25-14-12-24(13-15-25)19-33(42)32(20-34(40)43)41-37(46)23(2)18-36(45)50-22-30-28-10-6-4-8-26(28)27-9-5-7-11-29(27)30/h4-15,23,30-32H,3,16-22,39H2,1-2H3,(H2,40,43)(H,41,46)/t23-,31-,32+/m1/s1. The van der Waals surface area contributed by atoms with E-state index in [4.69, 9.17) is 25.7 Å². The van der Waals surface area contributed by atoms with Crippen molar-refractivity contribution in [3.63, 3.8) is 0 Å². The summed E-state index contributed by atoms with van der Waals surface area (Å²) in [4.78, 5) is 74.4. The van der Waals surface area contributed by atoms with Crippen LogP contribution in [0, 0.1) is 5.92 Å². The van der Waals surface area contributed by atoms with Crippen LogP contribution < -0.4 is 16.8 Å². The van der Waals surface area contributed by atoms with E-state index >= 15 is 0 Å². The van der Waals surface area contributed by atoms with Gasteiger partial charge in [-0.2, -0.15) is 0 Å². The molecule has 0 radical (unpaired) electrons. The molecule has 3 atom stereocenters. The number of carbonyl (C=O) groups is 6. The Labute approximate surface area is 290 Å². The molecule has 264 valence electrons. The van der Waals surface area contributed by atoms with Crippen molar-refractivity contribution in [3.8, 4) is 11.1 Å². The Morgan fingerprint density at radius 3 is 1.98 bits per heavy atom. The summed E-state index contributed by atoms with van der Waals surface area (Å²) in [6.45, 7) is 3.50. The van der Waals surface area contributed by atoms with E-state index in [2.05, 4.69) is 5.32 Å². The van der Waals surface area contributed by atoms with Gasteiger partial charge in [-0.25, -0.2) is 0 Å². The first-order chi connectivity index (χ1) is 24.0. The lowest BCUT2D eigenvalue weighted by atomic mass is 9.98. The predicted molar refractivity (Wildman–Crippen MR) is 183 cm³/mol. The first-order valence-electron chi connectivity index (χ1n) is 16.6. The molecular weight excluding hydrogens is 642 g/mol. The van der Waals surface area contributed by atoms with Crippen molar-refractivity contribution in [1.29, 1.82) is 0 Å². The lowest BCUT2D eigenvalue weighted by Gasteiger charge is -2.20. The summed E-state index contributed by atoms with van der Waals surface area (Å²) in [5.41, 5.74) is 16.7. The van der Waals surface area contributed by atoms with Crippen LogP contribution in [0.5, 0.6) is 0 Å². The number of fused-ring (bicyclic) bond motifs is 3. The molecule has 0 saturated carbocycles.